The number of nitrogens with one attached hydrogen (secondary N) is 1. The molecule has 1 N–H and O–H groups in total. The molecular weight excluding hydrogens is 400 g/mol. The third-order valence-corrected chi connectivity index (χ3v) is 4.95. The Kier molecular flexibility index (Phi) is 10.5. The molecule has 0 bridgehead atoms. The Morgan fingerprint density at radius 2 is 1.80 bits per heavy atom. The van der Waals surface area contributed by atoms with Gasteiger partial charge in [-0.1, -0.05) is 58.5 Å². The van der Waals surface area contributed by atoms with Gasteiger partial charge in [-0.3, -0.25) is 4.79 Å². The van der Waals surface area contributed by atoms with Crippen LogP contribution in [-0.2, 0) is 6.42 Å². The van der Waals surface area contributed by atoms with Crippen molar-refractivity contribution in [2.75, 3.05) is 25.9 Å². The predicted molar refractivity (Wildman–Crippen MR) is 125 cm³/mol. The van der Waals surface area contributed by atoms with E-state index in [-0.39, 0.29) is 10.8 Å². The molecule has 0 saturated carbocycles. The van der Waals surface area contributed by atoms with Crippen LogP contribution in [0.3, 0.4) is 0 Å². The molecule has 1 aliphatic heterocycles. The van der Waals surface area contributed by atoms with Gasteiger partial charge >= 0.3 is 6.09 Å². The lowest BCUT2D eigenvalue weighted by Gasteiger charge is -2.25. The standard InChI is InChI=1S/C12H15NO3.C11H23NOS/c1-12(2)7-8-5-4-6-9(10(8)16-12)15-11(14)13-3;1-6-14-11(13)12(7-9(2)3)8-10(4)5/h4-6H,7H2,1-3H3,(H,13,14);9-10H,6-8H2,1-5H3. The highest BCUT2D eigenvalue weighted by molar-refractivity contribution is 8.13. The third kappa shape index (κ3) is 8.86. The minimum atomic E-state index is -0.485. The lowest BCUT2D eigenvalue weighted by molar-refractivity contribution is 0.133. The summed E-state index contributed by atoms with van der Waals surface area (Å²) in [5.74, 6) is 3.12. The predicted octanol–water partition coefficient (Wildman–Crippen LogP) is 5.59. The number of para-hydroxylation sites is 1. The first kappa shape index (κ1) is 26.1. The molecule has 6 nitrogen and oxygen atoms in total. The maximum atomic E-state index is 11.7. The van der Waals surface area contributed by atoms with E-state index < -0.39 is 6.09 Å². The maximum Gasteiger partial charge on any atom is 0.412 e. The van der Waals surface area contributed by atoms with Crippen molar-refractivity contribution in [3.05, 3.63) is 23.8 Å². The van der Waals surface area contributed by atoms with Crippen molar-refractivity contribution in [3.8, 4) is 11.5 Å². The van der Waals surface area contributed by atoms with E-state index in [2.05, 4.69) is 33.0 Å². The molecule has 0 unspecified atom stereocenters. The van der Waals surface area contributed by atoms with Gasteiger partial charge in [-0.2, -0.15) is 0 Å². The van der Waals surface area contributed by atoms with Gasteiger partial charge in [-0.25, -0.2) is 4.79 Å². The van der Waals surface area contributed by atoms with Crippen LogP contribution in [0.5, 0.6) is 11.5 Å². The molecular formula is C23H38N2O4S. The number of rotatable bonds is 6. The van der Waals surface area contributed by atoms with E-state index in [0.29, 0.717) is 23.3 Å². The molecule has 170 valence electrons. The van der Waals surface area contributed by atoms with Crippen LogP contribution in [0.1, 0.15) is 54.0 Å². The Balaban J connectivity index is 0.000000304. The first-order chi connectivity index (χ1) is 14.0. The van der Waals surface area contributed by atoms with Gasteiger partial charge in [-0.15, -0.1) is 0 Å². The molecule has 1 aliphatic rings. The highest BCUT2D eigenvalue weighted by Gasteiger charge is 2.32. The van der Waals surface area contributed by atoms with Gasteiger partial charge in [0.25, 0.3) is 5.24 Å². The second-order valence-corrected chi connectivity index (χ2v) is 10.0. The smallest absolute Gasteiger partial charge is 0.412 e. The van der Waals surface area contributed by atoms with Crippen molar-refractivity contribution in [2.24, 2.45) is 11.8 Å². The van der Waals surface area contributed by atoms with Crippen LogP contribution in [0.15, 0.2) is 18.2 Å². The van der Waals surface area contributed by atoms with Crippen LogP contribution in [0, 0.1) is 11.8 Å². The number of carbonyl (C=O) groups is 2. The SMILES string of the molecule is CCSC(=O)N(CC(C)C)CC(C)C.CNC(=O)Oc1cccc2c1OC(C)(C)C2. The molecule has 1 aromatic carbocycles. The van der Waals surface area contributed by atoms with Gasteiger partial charge in [0, 0.05) is 32.1 Å². The van der Waals surface area contributed by atoms with Crippen molar-refractivity contribution in [2.45, 2.75) is 60.5 Å². The van der Waals surface area contributed by atoms with Crippen LogP contribution >= 0.6 is 11.8 Å². The van der Waals surface area contributed by atoms with Crippen molar-refractivity contribution in [1.29, 1.82) is 0 Å². The number of hydrogen-bond donors (Lipinski definition) is 1. The maximum absolute atomic E-state index is 11.7. The zero-order valence-corrected chi connectivity index (χ0v) is 20.5. The Labute approximate surface area is 186 Å². The first-order valence-corrected chi connectivity index (χ1v) is 11.6. The molecule has 2 rings (SSSR count). The lowest BCUT2D eigenvalue weighted by Crippen LogP contribution is -2.34. The van der Waals surface area contributed by atoms with Crippen molar-refractivity contribution < 1.29 is 19.1 Å². The Hall–Kier alpha value is -1.89. The van der Waals surface area contributed by atoms with E-state index >= 15 is 0 Å². The zero-order valence-electron chi connectivity index (χ0n) is 19.7. The van der Waals surface area contributed by atoms with E-state index in [0.717, 1.165) is 30.8 Å². The van der Waals surface area contributed by atoms with E-state index in [9.17, 15) is 9.59 Å². The van der Waals surface area contributed by atoms with Gasteiger partial charge in [0.05, 0.1) is 0 Å². The normalized spacial score (nSPS) is 13.8. The lowest BCUT2D eigenvalue weighted by atomic mass is 10.0. The number of hydrogen-bond acceptors (Lipinski definition) is 5. The van der Waals surface area contributed by atoms with Crippen LogP contribution in [0.2, 0.25) is 0 Å². The van der Waals surface area contributed by atoms with E-state index in [1.807, 2.05) is 37.8 Å². The quantitative estimate of drug-likeness (QED) is 0.627. The average Bonchev–Trinajstić information content (AvgIpc) is 2.96. The minimum Gasteiger partial charge on any atom is -0.483 e. The van der Waals surface area contributed by atoms with Gasteiger partial charge in [-0.05, 0) is 37.5 Å². The highest BCUT2D eigenvalue weighted by Crippen LogP contribution is 2.41. The number of nitrogens with zero attached hydrogens (tertiary/aromatic N) is 1. The summed E-state index contributed by atoms with van der Waals surface area (Å²) in [4.78, 5) is 24.8. The third-order valence-electron chi connectivity index (χ3n) is 4.16. The topological polar surface area (TPSA) is 67.9 Å². The second-order valence-electron chi connectivity index (χ2n) is 8.81. The molecule has 7 heteroatoms. The monoisotopic (exact) mass is 438 g/mol. The fraction of sp³-hybridized carbons (Fsp3) is 0.652. The number of ether oxygens (including phenoxy) is 2. The number of amides is 2. The molecule has 0 fully saturated rings. The van der Waals surface area contributed by atoms with E-state index in [1.54, 1.807) is 6.07 Å². The summed E-state index contributed by atoms with van der Waals surface area (Å²) in [6, 6.07) is 5.58. The van der Waals surface area contributed by atoms with Gasteiger partial charge in [0.2, 0.25) is 0 Å². The van der Waals surface area contributed by atoms with Gasteiger partial charge in [0.1, 0.15) is 5.60 Å². The molecule has 0 radical (unpaired) electrons. The number of thioether (sulfide) groups is 1. The van der Waals surface area contributed by atoms with Gasteiger partial charge in [0.15, 0.2) is 11.5 Å². The number of carbonyl (C=O) groups excluding carboxylic acids is 2. The van der Waals surface area contributed by atoms with Crippen LogP contribution < -0.4 is 14.8 Å². The summed E-state index contributed by atoms with van der Waals surface area (Å²) in [7, 11) is 1.52. The van der Waals surface area contributed by atoms with Crippen LogP contribution in [0.4, 0.5) is 9.59 Å². The van der Waals surface area contributed by atoms with Crippen molar-refractivity contribution in [3.63, 3.8) is 0 Å². The molecule has 0 atom stereocenters. The highest BCUT2D eigenvalue weighted by atomic mass is 32.2. The summed E-state index contributed by atoms with van der Waals surface area (Å²) in [6.07, 6.45) is 0.342. The zero-order chi connectivity index (χ0) is 22.9. The molecule has 0 saturated heterocycles. The minimum absolute atomic E-state index is 0.231. The fourth-order valence-corrected chi connectivity index (χ4v) is 3.72. The molecule has 2 amide bonds. The molecule has 1 heterocycles. The molecule has 0 aromatic heterocycles. The average molecular weight is 439 g/mol. The summed E-state index contributed by atoms with van der Waals surface area (Å²) < 4.78 is 10.9. The summed E-state index contributed by atoms with van der Waals surface area (Å²) in [5, 5.41) is 2.64. The number of fused-ring (bicyclic) bond motifs is 1. The second kappa shape index (κ2) is 12.1. The van der Waals surface area contributed by atoms with Crippen molar-refractivity contribution in [1.82, 2.24) is 10.2 Å². The molecule has 1 aromatic rings. The molecule has 0 spiro atoms. The van der Waals surface area contributed by atoms with E-state index in [1.165, 1.54) is 18.8 Å². The molecule has 0 aliphatic carbocycles. The fourth-order valence-electron chi connectivity index (χ4n) is 3.14. The Bertz CT molecular complexity index is 694. The van der Waals surface area contributed by atoms with E-state index in [4.69, 9.17) is 9.47 Å². The molecule has 30 heavy (non-hydrogen) atoms. The Morgan fingerprint density at radius 1 is 1.20 bits per heavy atom. The summed E-state index contributed by atoms with van der Waals surface area (Å²) in [5.41, 5.74) is 0.844. The van der Waals surface area contributed by atoms with Crippen LogP contribution in [0.25, 0.3) is 0 Å². The number of benzene rings is 1. The summed E-state index contributed by atoms with van der Waals surface area (Å²) >= 11 is 1.41. The largest absolute Gasteiger partial charge is 0.483 e. The first-order valence-electron chi connectivity index (χ1n) is 10.6. The Morgan fingerprint density at radius 3 is 2.30 bits per heavy atom. The van der Waals surface area contributed by atoms with Gasteiger partial charge < -0.3 is 19.7 Å². The van der Waals surface area contributed by atoms with Crippen LogP contribution in [-0.4, -0.2) is 47.7 Å². The summed E-state index contributed by atoms with van der Waals surface area (Å²) in [6.45, 7) is 16.4. The van der Waals surface area contributed by atoms with Crippen molar-refractivity contribution >= 4 is 23.1 Å².